The van der Waals surface area contributed by atoms with Gasteiger partial charge in [0, 0.05) is 11.6 Å². The van der Waals surface area contributed by atoms with Crippen molar-refractivity contribution in [2.45, 2.75) is 67.8 Å². The predicted molar refractivity (Wildman–Crippen MR) is 96.6 cm³/mol. The molecule has 2 aromatic rings. The number of hydrogen-bond donors (Lipinski definition) is 2. The molecule has 2 saturated carbocycles. The van der Waals surface area contributed by atoms with E-state index in [-0.39, 0.29) is 10.9 Å². The molecule has 0 bridgehead atoms. The number of sulfonamides is 1. The summed E-state index contributed by atoms with van der Waals surface area (Å²) in [6, 6.07) is 6.64. The van der Waals surface area contributed by atoms with Gasteiger partial charge in [-0.15, -0.1) is 0 Å². The highest BCUT2D eigenvalue weighted by Crippen LogP contribution is 2.35. The van der Waals surface area contributed by atoms with Crippen molar-refractivity contribution in [3.8, 4) is 11.5 Å². The summed E-state index contributed by atoms with van der Waals surface area (Å²) in [6.07, 6.45) is 7.71. The van der Waals surface area contributed by atoms with E-state index in [1.807, 2.05) is 0 Å². The summed E-state index contributed by atoms with van der Waals surface area (Å²) in [5.41, 5.74) is 6.42. The summed E-state index contributed by atoms with van der Waals surface area (Å²) in [5, 5.41) is 4.05. The van der Waals surface area contributed by atoms with Crippen LogP contribution in [0.3, 0.4) is 0 Å². The third-order valence-electron chi connectivity index (χ3n) is 5.44. The minimum atomic E-state index is -3.56. The van der Waals surface area contributed by atoms with E-state index >= 15 is 0 Å². The van der Waals surface area contributed by atoms with Crippen molar-refractivity contribution >= 4 is 10.0 Å². The largest absolute Gasteiger partial charge is 0.334 e. The summed E-state index contributed by atoms with van der Waals surface area (Å²) < 4.78 is 33.4. The van der Waals surface area contributed by atoms with Crippen molar-refractivity contribution in [1.29, 1.82) is 0 Å². The third-order valence-corrected chi connectivity index (χ3v) is 6.95. The fourth-order valence-corrected chi connectivity index (χ4v) is 5.25. The molecule has 1 heterocycles. The second-order valence-corrected chi connectivity index (χ2v) is 9.13. The average molecular weight is 376 g/mol. The van der Waals surface area contributed by atoms with Gasteiger partial charge in [0.05, 0.1) is 10.4 Å². The van der Waals surface area contributed by atoms with Crippen LogP contribution in [0.1, 0.15) is 57.2 Å². The van der Waals surface area contributed by atoms with E-state index in [1.165, 1.54) is 0 Å². The standard InChI is InChI=1S/C18H24N4O3S/c19-18(10-3-4-11-18)17-20-16(25-21-17)13-6-5-9-15(12-13)26(23,24)22-14-7-1-2-8-14/h5-6,9,12,14,22H,1-4,7-8,10-11,19H2. The van der Waals surface area contributed by atoms with Crippen molar-refractivity contribution < 1.29 is 12.9 Å². The highest BCUT2D eigenvalue weighted by Gasteiger charge is 2.36. The number of nitrogens with one attached hydrogen (secondary N) is 1. The number of aromatic nitrogens is 2. The number of hydrogen-bond acceptors (Lipinski definition) is 6. The fraction of sp³-hybridized carbons (Fsp3) is 0.556. The number of rotatable bonds is 5. The van der Waals surface area contributed by atoms with Gasteiger partial charge in [-0.2, -0.15) is 4.98 Å². The normalized spacial score (nSPS) is 20.7. The summed E-state index contributed by atoms with van der Waals surface area (Å²) in [6.45, 7) is 0. The van der Waals surface area contributed by atoms with Crippen LogP contribution in [0.25, 0.3) is 11.5 Å². The van der Waals surface area contributed by atoms with Crippen LogP contribution in [0, 0.1) is 0 Å². The molecule has 0 saturated heterocycles. The van der Waals surface area contributed by atoms with Crippen LogP contribution in [-0.4, -0.2) is 24.6 Å². The van der Waals surface area contributed by atoms with E-state index in [9.17, 15) is 8.42 Å². The van der Waals surface area contributed by atoms with Crippen molar-refractivity contribution in [1.82, 2.24) is 14.9 Å². The Labute approximate surface area is 153 Å². The maximum Gasteiger partial charge on any atom is 0.258 e. The van der Waals surface area contributed by atoms with Crippen LogP contribution >= 0.6 is 0 Å². The highest BCUT2D eigenvalue weighted by molar-refractivity contribution is 7.89. The zero-order valence-electron chi connectivity index (χ0n) is 14.6. The zero-order chi connectivity index (χ0) is 18.2. The lowest BCUT2D eigenvalue weighted by Crippen LogP contribution is -2.34. The Morgan fingerprint density at radius 1 is 1.15 bits per heavy atom. The SMILES string of the molecule is NC1(c2noc(-c3cccc(S(=O)(=O)NC4CCCC4)c3)n2)CCCC1. The van der Waals surface area contributed by atoms with Crippen molar-refractivity contribution in [2.24, 2.45) is 5.73 Å². The van der Waals surface area contributed by atoms with E-state index in [4.69, 9.17) is 10.3 Å². The van der Waals surface area contributed by atoms with Gasteiger partial charge in [0.15, 0.2) is 5.82 Å². The monoisotopic (exact) mass is 376 g/mol. The van der Waals surface area contributed by atoms with Gasteiger partial charge in [-0.3, -0.25) is 0 Å². The number of nitrogens with two attached hydrogens (primary N) is 1. The van der Waals surface area contributed by atoms with Gasteiger partial charge >= 0.3 is 0 Å². The van der Waals surface area contributed by atoms with Crippen LogP contribution in [0.15, 0.2) is 33.7 Å². The Hall–Kier alpha value is -1.77. The van der Waals surface area contributed by atoms with Gasteiger partial charge in [0.2, 0.25) is 10.0 Å². The first-order valence-corrected chi connectivity index (χ1v) is 10.7. The number of benzene rings is 1. The summed E-state index contributed by atoms with van der Waals surface area (Å²) in [4.78, 5) is 4.66. The molecule has 8 heteroatoms. The van der Waals surface area contributed by atoms with Gasteiger partial charge in [-0.05, 0) is 43.9 Å². The minimum absolute atomic E-state index is 0.0260. The first-order chi connectivity index (χ1) is 12.5. The van der Waals surface area contributed by atoms with E-state index in [0.717, 1.165) is 51.4 Å². The van der Waals surface area contributed by atoms with E-state index in [1.54, 1.807) is 24.3 Å². The molecule has 140 valence electrons. The lowest BCUT2D eigenvalue weighted by Gasteiger charge is -2.17. The van der Waals surface area contributed by atoms with Crippen LogP contribution in [0.5, 0.6) is 0 Å². The second kappa shape index (κ2) is 6.75. The molecular weight excluding hydrogens is 352 g/mol. The molecular formula is C18H24N4O3S. The van der Waals surface area contributed by atoms with E-state index in [0.29, 0.717) is 17.3 Å². The molecule has 2 aliphatic carbocycles. The Morgan fingerprint density at radius 3 is 2.62 bits per heavy atom. The highest BCUT2D eigenvalue weighted by atomic mass is 32.2. The predicted octanol–water partition coefficient (Wildman–Crippen LogP) is 2.69. The first-order valence-electron chi connectivity index (χ1n) is 9.22. The van der Waals surface area contributed by atoms with Crippen LogP contribution < -0.4 is 10.5 Å². The van der Waals surface area contributed by atoms with E-state index in [2.05, 4.69) is 14.9 Å². The Morgan fingerprint density at radius 2 is 1.88 bits per heavy atom. The topological polar surface area (TPSA) is 111 Å². The van der Waals surface area contributed by atoms with Crippen LogP contribution in [0.4, 0.5) is 0 Å². The van der Waals surface area contributed by atoms with Gasteiger partial charge in [-0.25, -0.2) is 13.1 Å². The second-order valence-electron chi connectivity index (χ2n) is 7.42. The maximum atomic E-state index is 12.6. The molecule has 26 heavy (non-hydrogen) atoms. The van der Waals surface area contributed by atoms with Gasteiger partial charge in [-0.1, -0.05) is 36.9 Å². The Balaban J connectivity index is 1.59. The van der Waals surface area contributed by atoms with Crippen LogP contribution in [0.2, 0.25) is 0 Å². The van der Waals surface area contributed by atoms with Gasteiger partial charge < -0.3 is 10.3 Å². The Kier molecular flexibility index (Phi) is 4.58. The zero-order valence-corrected chi connectivity index (χ0v) is 15.5. The molecule has 0 spiro atoms. The molecule has 0 aliphatic heterocycles. The van der Waals surface area contributed by atoms with Crippen molar-refractivity contribution in [3.63, 3.8) is 0 Å². The molecule has 2 aliphatic rings. The lowest BCUT2D eigenvalue weighted by molar-refractivity contribution is 0.372. The summed E-state index contributed by atoms with van der Waals surface area (Å²) >= 11 is 0. The molecule has 3 N–H and O–H groups in total. The molecule has 0 unspecified atom stereocenters. The number of nitrogens with zero attached hydrogens (tertiary/aromatic N) is 2. The smallest absolute Gasteiger partial charge is 0.258 e. The lowest BCUT2D eigenvalue weighted by atomic mass is 9.99. The molecule has 0 amide bonds. The van der Waals surface area contributed by atoms with Gasteiger partial charge in [0.25, 0.3) is 5.89 Å². The third kappa shape index (κ3) is 3.41. The van der Waals surface area contributed by atoms with Crippen molar-refractivity contribution in [2.75, 3.05) is 0 Å². The summed E-state index contributed by atoms with van der Waals surface area (Å²) in [7, 11) is -3.56. The van der Waals surface area contributed by atoms with E-state index < -0.39 is 15.6 Å². The molecule has 2 fully saturated rings. The van der Waals surface area contributed by atoms with Gasteiger partial charge in [0.1, 0.15) is 0 Å². The Bertz CT molecular complexity index is 881. The minimum Gasteiger partial charge on any atom is -0.334 e. The summed E-state index contributed by atoms with van der Waals surface area (Å²) in [5.74, 6) is 0.803. The van der Waals surface area contributed by atoms with Crippen molar-refractivity contribution in [3.05, 3.63) is 30.1 Å². The first kappa shape index (κ1) is 17.6. The quantitative estimate of drug-likeness (QED) is 0.830. The van der Waals surface area contributed by atoms with Crippen LogP contribution in [-0.2, 0) is 15.6 Å². The molecule has 0 atom stereocenters. The molecule has 1 aromatic carbocycles. The average Bonchev–Trinajstić information content (AvgIpc) is 3.36. The molecule has 1 aromatic heterocycles. The molecule has 4 rings (SSSR count). The molecule has 0 radical (unpaired) electrons. The molecule has 7 nitrogen and oxygen atoms in total. The maximum absolute atomic E-state index is 12.6. The fourth-order valence-electron chi connectivity index (χ4n) is 3.90.